The van der Waals surface area contributed by atoms with Gasteiger partial charge in [0.2, 0.25) is 0 Å². The van der Waals surface area contributed by atoms with Crippen LogP contribution >= 0.6 is 0 Å². The predicted octanol–water partition coefficient (Wildman–Crippen LogP) is 0.193. The van der Waals surface area contributed by atoms with E-state index in [1.807, 2.05) is 0 Å². The standard InChI is InChI=1S/C4H3N3O3/c8-2-1-7-3(9)5-6-4(7)10/h2H,1H2. The molecule has 0 unspecified atom stereocenters. The summed E-state index contributed by atoms with van der Waals surface area (Å²) < 4.78 is 0. The van der Waals surface area contributed by atoms with Crippen molar-refractivity contribution in [2.45, 2.75) is 0 Å². The van der Waals surface area contributed by atoms with E-state index in [0.717, 1.165) is 0 Å². The number of hydrogen-bond acceptors (Lipinski definition) is 3. The zero-order valence-electron chi connectivity index (χ0n) is 4.85. The van der Waals surface area contributed by atoms with Crippen molar-refractivity contribution in [1.82, 2.24) is 4.90 Å². The molecular weight excluding hydrogens is 138 g/mol. The van der Waals surface area contributed by atoms with Crippen molar-refractivity contribution in [1.29, 1.82) is 0 Å². The van der Waals surface area contributed by atoms with E-state index in [1.165, 1.54) is 0 Å². The second-order valence-electron chi connectivity index (χ2n) is 1.54. The molecule has 0 aromatic rings. The molecule has 0 saturated heterocycles. The number of rotatable bonds is 2. The summed E-state index contributed by atoms with van der Waals surface area (Å²) in [7, 11) is 0. The van der Waals surface area contributed by atoms with Gasteiger partial charge in [-0.25, -0.2) is 14.5 Å². The number of imide groups is 1. The SMILES string of the molecule is O=CCN1C(=O)N=NC1=O. The average Bonchev–Trinajstić information content (AvgIpc) is 2.20. The largest absolute Gasteiger partial charge is 0.371 e. The highest BCUT2D eigenvalue weighted by Gasteiger charge is 2.26. The summed E-state index contributed by atoms with van der Waals surface area (Å²) in [6, 6.07) is -1.56. The minimum absolute atomic E-state index is 0.273. The molecule has 1 heterocycles. The Morgan fingerprint density at radius 3 is 2.20 bits per heavy atom. The lowest BCUT2D eigenvalue weighted by atomic mass is 10.6. The fourth-order valence-corrected chi connectivity index (χ4v) is 0.506. The van der Waals surface area contributed by atoms with E-state index in [1.54, 1.807) is 0 Å². The quantitative estimate of drug-likeness (QED) is 0.515. The molecule has 52 valence electrons. The van der Waals surface area contributed by atoms with Crippen molar-refractivity contribution in [3.63, 3.8) is 0 Å². The maximum Gasteiger partial charge on any atom is 0.371 e. The molecule has 1 rings (SSSR count). The Bertz CT molecular complexity index is 204. The first-order chi connectivity index (χ1) is 4.75. The first kappa shape index (κ1) is 6.53. The fourth-order valence-electron chi connectivity index (χ4n) is 0.506. The minimum Gasteiger partial charge on any atom is -0.301 e. The predicted molar refractivity (Wildman–Crippen MR) is 28.4 cm³/mol. The zero-order valence-corrected chi connectivity index (χ0v) is 4.85. The smallest absolute Gasteiger partial charge is 0.301 e. The number of carbonyl (C=O) groups is 3. The molecule has 0 atom stereocenters. The number of urea groups is 2. The Balaban J connectivity index is 2.69. The lowest BCUT2D eigenvalue weighted by molar-refractivity contribution is -0.107. The lowest BCUT2D eigenvalue weighted by Crippen LogP contribution is -2.29. The first-order valence-electron chi connectivity index (χ1n) is 2.46. The summed E-state index contributed by atoms with van der Waals surface area (Å²) in [6.07, 6.45) is 0.437. The Morgan fingerprint density at radius 2 is 1.80 bits per heavy atom. The molecule has 0 aromatic heterocycles. The molecule has 10 heavy (non-hydrogen) atoms. The number of azo groups is 1. The Kier molecular flexibility index (Phi) is 1.53. The van der Waals surface area contributed by atoms with E-state index in [2.05, 4.69) is 10.2 Å². The van der Waals surface area contributed by atoms with Gasteiger partial charge in [-0.3, -0.25) is 0 Å². The molecule has 0 N–H and O–H groups in total. The van der Waals surface area contributed by atoms with Crippen LogP contribution in [0.1, 0.15) is 0 Å². The van der Waals surface area contributed by atoms with Crippen LogP contribution in [0.25, 0.3) is 0 Å². The molecule has 1 aliphatic rings. The van der Waals surface area contributed by atoms with Gasteiger partial charge in [-0.05, 0) is 0 Å². The monoisotopic (exact) mass is 141 g/mol. The average molecular weight is 141 g/mol. The second kappa shape index (κ2) is 2.34. The molecule has 6 heteroatoms. The highest BCUT2D eigenvalue weighted by atomic mass is 16.2. The summed E-state index contributed by atoms with van der Waals surface area (Å²) in [5, 5.41) is 5.84. The maximum atomic E-state index is 10.5. The third-order valence-electron chi connectivity index (χ3n) is 0.940. The second-order valence-corrected chi connectivity index (χ2v) is 1.54. The Labute approximate surface area is 55.5 Å². The molecule has 0 saturated carbocycles. The van der Waals surface area contributed by atoms with Gasteiger partial charge in [0.05, 0.1) is 6.54 Å². The van der Waals surface area contributed by atoms with E-state index in [0.29, 0.717) is 11.2 Å². The number of carbonyl (C=O) groups excluding carboxylic acids is 3. The van der Waals surface area contributed by atoms with E-state index >= 15 is 0 Å². The zero-order chi connectivity index (χ0) is 7.56. The molecule has 0 bridgehead atoms. The molecule has 0 fully saturated rings. The van der Waals surface area contributed by atoms with Gasteiger partial charge in [-0.15, -0.1) is 0 Å². The van der Waals surface area contributed by atoms with Crippen molar-refractivity contribution in [3.8, 4) is 0 Å². The van der Waals surface area contributed by atoms with Crippen molar-refractivity contribution in [3.05, 3.63) is 0 Å². The van der Waals surface area contributed by atoms with Crippen LogP contribution < -0.4 is 0 Å². The van der Waals surface area contributed by atoms with Gasteiger partial charge < -0.3 is 4.79 Å². The summed E-state index contributed by atoms with van der Waals surface area (Å²) in [5.41, 5.74) is 0. The van der Waals surface area contributed by atoms with Crippen molar-refractivity contribution < 1.29 is 14.4 Å². The topological polar surface area (TPSA) is 79.2 Å². The van der Waals surface area contributed by atoms with E-state index in [4.69, 9.17) is 0 Å². The Hall–Kier alpha value is -1.59. The van der Waals surface area contributed by atoms with Crippen LogP contribution in [0.3, 0.4) is 0 Å². The fraction of sp³-hybridized carbons (Fsp3) is 0.250. The van der Waals surface area contributed by atoms with Crippen LogP contribution in [0.2, 0.25) is 0 Å². The van der Waals surface area contributed by atoms with Gasteiger partial charge >= 0.3 is 12.1 Å². The van der Waals surface area contributed by atoms with E-state index in [-0.39, 0.29) is 6.54 Å². The summed E-state index contributed by atoms with van der Waals surface area (Å²) in [4.78, 5) is 31.4. The highest BCUT2D eigenvalue weighted by molar-refractivity contribution is 5.99. The number of nitrogens with zero attached hydrogens (tertiary/aromatic N) is 3. The van der Waals surface area contributed by atoms with Gasteiger partial charge in [0.1, 0.15) is 6.29 Å². The molecule has 1 aliphatic heterocycles. The summed E-state index contributed by atoms with van der Waals surface area (Å²) >= 11 is 0. The first-order valence-corrected chi connectivity index (χ1v) is 2.46. The maximum absolute atomic E-state index is 10.5. The summed E-state index contributed by atoms with van der Waals surface area (Å²) in [6.45, 7) is -0.273. The third kappa shape index (κ3) is 0.903. The van der Waals surface area contributed by atoms with Crippen molar-refractivity contribution in [2.24, 2.45) is 10.2 Å². The van der Waals surface area contributed by atoms with Crippen LogP contribution in [0.5, 0.6) is 0 Å². The van der Waals surface area contributed by atoms with Crippen LogP contribution in [0.4, 0.5) is 9.59 Å². The molecule has 4 amide bonds. The van der Waals surface area contributed by atoms with Gasteiger partial charge in [-0.2, -0.15) is 0 Å². The van der Waals surface area contributed by atoms with Crippen LogP contribution in [0.15, 0.2) is 10.2 Å². The lowest BCUT2D eigenvalue weighted by Gasteiger charge is -2.02. The normalized spacial score (nSPS) is 16.6. The van der Waals surface area contributed by atoms with Crippen LogP contribution in [0, 0.1) is 0 Å². The molecule has 0 spiro atoms. The van der Waals surface area contributed by atoms with E-state index < -0.39 is 12.1 Å². The molecule has 6 nitrogen and oxygen atoms in total. The van der Waals surface area contributed by atoms with Crippen LogP contribution in [-0.4, -0.2) is 29.8 Å². The van der Waals surface area contributed by atoms with Crippen LogP contribution in [-0.2, 0) is 4.79 Å². The molecule has 0 aliphatic carbocycles. The number of aldehydes is 1. The highest BCUT2D eigenvalue weighted by Crippen LogP contribution is 2.04. The number of amides is 4. The third-order valence-corrected chi connectivity index (χ3v) is 0.940. The summed E-state index contributed by atoms with van der Waals surface area (Å²) in [5.74, 6) is 0. The molecule has 0 aromatic carbocycles. The molecule has 0 radical (unpaired) electrons. The molecular formula is C4H3N3O3. The van der Waals surface area contributed by atoms with E-state index in [9.17, 15) is 14.4 Å². The Morgan fingerprint density at radius 1 is 1.30 bits per heavy atom. The van der Waals surface area contributed by atoms with Gasteiger partial charge in [0, 0.05) is 0 Å². The van der Waals surface area contributed by atoms with Gasteiger partial charge in [-0.1, -0.05) is 10.2 Å². The van der Waals surface area contributed by atoms with Gasteiger partial charge in [0.25, 0.3) is 0 Å². The van der Waals surface area contributed by atoms with Crippen molar-refractivity contribution >= 4 is 18.3 Å². The van der Waals surface area contributed by atoms with Gasteiger partial charge in [0.15, 0.2) is 0 Å². The number of hydrogen-bond donors (Lipinski definition) is 0. The van der Waals surface area contributed by atoms with Crippen molar-refractivity contribution in [2.75, 3.05) is 6.54 Å². The minimum atomic E-state index is -0.780.